The zero-order chi connectivity index (χ0) is 14.9. The molecule has 0 N–H and O–H groups in total. The molecule has 1 aromatic carbocycles. The van der Waals surface area contributed by atoms with Crippen LogP contribution in [0.5, 0.6) is 0 Å². The van der Waals surface area contributed by atoms with Crippen molar-refractivity contribution in [2.24, 2.45) is 0 Å². The van der Waals surface area contributed by atoms with Crippen LogP contribution in [0.2, 0.25) is 0 Å². The van der Waals surface area contributed by atoms with Gasteiger partial charge in [-0.3, -0.25) is 0 Å². The number of benzene rings is 1. The van der Waals surface area contributed by atoms with Crippen molar-refractivity contribution in [3.05, 3.63) is 45.6 Å². The lowest BCUT2D eigenvalue weighted by Gasteiger charge is -2.09. The number of rotatable bonds is 3. The smallest absolute Gasteiger partial charge is 0.244 e. The third-order valence-corrected chi connectivity index (χ3v) is 2.67. The van der Waals surface area contributed by atoms with Gasteiger partial charge in [0, 0.05) is 6.54 Å². The van der Waals surface area contributed by atoms with Crippen LogP contribution in [0.4, 0.5) is 17.6 Å². The van der Waals surface area contributed by atoms with Crippen LogP contribution in [-0.2, 0) is 19.3 Å². The molecular formula is C11H10F4N4O. The lowest BCUT2D eigenvalue weighted by Crippen LogP contribution is -2.25. The molecule has 0 aliphatic rings. The first-order chi connectivity index (χ1) is 9.32. The average Bonchev–Trinajstić information content (AvgIpc) is 2.71. The molecule has 0 saturated carbocycles. The molecule has 20 heavy (non-hydrogen) atoms. The standard InChI is InChI=1S/C11H10F4N4O/c1-2-18-10(20)19(17-16-18)6-7-3-4-9(12)8(5-7)11(13,14)15/h3-5H,2,6H2,1H3. The average molecular weight is 290 g/mol. The van der Waals surface area contributed by atoms with Crippen LogP contribution in [0.3, 0.4) is 0 Å². The van der Waals surface area contributed by atoms with Crippen molar-refractivity contribution in [3.63, 3.8) is 0 Å². The Labute approximate surface area is 110 Å². The van der Waals surface area contributed by atoms with Crippen LogP contribution >= 0.6 is 0 Å². The summed E-state index contributed by atoms with van der Waals surface area (Å²) in [5, 5.41) is 7.08. The number of hydrogen-bond donors (Lipinski definition) is 0. The van der Waals surface area contributed by atoms with Gasteiger partial charge in [-0.25, -0.2) is 9.18 Å². The Bertz CT molecular complexity index is 674. The van der Waals surface area contributed by atoms with E-state index in [1.807, 2.05) is 0 Å². The second kappa shape index (κ2) is 5.06. The summed E-state index contributed by atoms with van der Waals surface area (Å²) in [5.74, 6) is -1.36. The minimum absolute atomic E-state index is 0.115. The number of alkyl halides is 3. The van der Waals surface area contributed by atoms with Gasteiger partial charge in [0.25, 0.3) is 0 Å². The molecule has 0 spiro atoms. The molecule has 0 saturated heterocycles. The highest BCUT2D eigenvalue weighted by Crippen LogP contribution is 2.31. The molecule has 5 nitrogen and oxygen atoms in total. The quantitative estimate of drug-likeness (QED) is 0.808. The molecule has 0 amide bonds. The first-order valence-corrected chi connectivity index (χ1v) is 5.69. The number of aryl methyl sites for hydroxylation is 1. The highest BCUT2D eigenvalue weighted by Gasteiger charge is 2.34. The van der Waals surface area contributed by atoms with Gasteiger partial charge in [0.15, 0.2) is 0 Å². The Balaban J connectivity index is 2.35. The minimum atomic E-state index is -4.79. The van der Waals surface area contributed by atoms with Crippen molar-refractivity contribution in [2.45, 2.75) is 26.2 Å². The molecule has 1 aromatic heterocycles. The van der Waals surface area contributed by atoms with E-state index in [0.717, 1.165) is 9.36 Å². The van der Waals surface area contributed by atoms with Crippen molar-refractivity contribution < 1.29 is 17.6 Å². The van der Waals surface area contributed by atoms with E-state index in [4.69, 9.17) is 0 Å². The van der Waals surface area contributed by atoms with Gasteiger partial charge in [-0.15, -0.1) is 0 Å². The van der Waals surface area contributed by atoms with Crippen molar-refractivity contribution in [3.8, 4) is 0 Å². The minimum Gasteiger partial charge on any atom is -0.244 e. The Morgan fingerprint density at radius 2 is 1.85 bits per heavy atom. The molecule has 0 aliphatic carbocycles. The van der Waals surface area contributed by atoms with E-state index in [1.54, 1.807) is 6.92 Å². The lowest BCUT2D eigenvalue weighted by molar-refractivity contribution is -0.140. The molecule has 9 heteroatoms. The summed E-state index contributed by atoms with van der Waals surface area (Å²) in [6.07, 6.45) is -4.79. The zero-order valence-corrected chi connectivity index (χ0v) is 10.4. The fraction of sp³-hybridized carbons (Fsp3) is 0.364. The lowest BCUT2D eigenvalue weighted by atomic mass is 10.1. The molecule has 0 bridgehead atoms. The highest BCUT2D eigenvalue weighted by molar-refractivity contribution is 5.27. The Morgan fingerprint density at radius 3 is 2.40 bits per heavy atom. The topological polar surface area (TPSA) is 52.7 Å². The third-order valence-electron chi connectivity index (χ3n) is 2.67. The molecule has 0 unspecified atom stereocenters. The molecule has 0 aliphatic heterocycles. The fourth-order valence-electron chi connectivity index (χ4n) is 1.67. The highest BCUT2D eigenvalue weighted by atomic mass is 19.4. The van der Waals surface area contributed by atoms with E-state index in [-0.39, 0.29) is 12.1 Å². The Kier molecular flexibility index (Phi) is 3.60. The second-order valence-electron chi connectivity index (χ2n) is 4.05. The molecule has 2 rings (SSSR count). The van der Waals surface area contributed by atoms with Gasteiger partial charge in [-0.1, -0.05) is 6.07 Å². The molecule has 0 fully saturated rings. The number of halogens is 4. The molecule has 0 atom stereocenters. The van der Waals surface area contributed by atoms with Gasteiger partial charge >= 0.3 is 11.9 Å². The maximum Gasteiger partial charge on any atom is 0.419 e. The predicted octanol–water partition coefficient (Wildman–Crippen LogP) is 1.67. The summed E-state index contributed by atoms with van der Waals surface area (Å²) in [5.41, 5.74) is -1.79. The maximum absolute atomic E-state index is 13.1. The van der Waals surface area contributed by atoms with Crippen molar-refractivity contribution in [1.29, 1.82) is 0 Å². The van der Waals surface area contributed by atoms with Gasteiger partial charge < -0.3 is 0 Å². The first-order valence-electron chi connectivity index (χ1n) is 5.69. The van der Waals surface area contributed by atoms with E-state index >= 15 is 0 Å². The molecular weight excluding hydrogens is 280 g/mol. The molecule has 2 aromatic rings. The van der Waals surface area contributed by atoms with Crippen molar-refractivity contribution >= 4 is 0 Å². The summed E-state index contributed by atoms with van der Waals surface area (Å²) in [6, 6.07) is 2.54. The van der Waals surface area contributed by atoms with Crippen LogP contribution in [0.25, 0.3) is 0 Å². The van der Waals surface area contributed by atoms with Crippen molar-refractivity contribution in [1.82, 2.24) is 19.8 Å². The van der Waals surface area contributed by atoms with Crippen LogP contribution in [0.1, 0.15) is 18.1 Å². The van der Waals surface area contributed by atoms with E-state index in [2.05, 4.69) is 10.4 Å². The largest absolute Gasteiger partial charge is 0.419 e. The van der Waals surface area contributed by atoms with Gasteiger partial charge in [0.1, 0.15) is 5.82 Å². The van der Waals surface area contributed by atoms with E-state index in [0.29, 0.717) is 18.7 Å². The van der Waals surface area contributed by atoms with Crippen LogP contribution in [0, 0.1) is 5.82 Å². The van der Waals surface area contributed by atoms with E-state index in [9.17, 15) is 22.4 Å². The SMILES string of the molecule is CCn1nnn(Cc2ccc(F)c(C(F)(F)F)c2)c1=O. The summed E-state index contributed by atoms with van der Waals surface area (Å²) in [6.45, 7) is 1.78. The third kappa shape index (κ3) is 2.70. The predicted molar refractivity (Wildman–Crippen MR) is 60.5 cm³/mol. The number of aromatic nitrogens is 4. The van der Waals surface area contributed by atoms with Crippen molar-refractivity contribution in [2.75, 3.05) is 0 Å². The summed E-state index contributed by atoms with van der Waals surface area (Å²) in [4.78, 5) is 11.7. The van der Waals surface area contributed by atoms with Crippen LogP contribution in [0.15, 0.2) is 23.0 Å². The number of nitrogens with zero attached hydrogens (tertiary/aromatic N) is 4. The molecule has 108 valence electrons. The number of hydrogen-bond acceptors (Lipinski definition) is 3. The molecule has 0 radical (unpaired) electrons. The van der Waals surface area contributed by atoms with Gasteiger partial charge in [-0.2, -0.15) is 22.5 Å². The first kappa shape index (κ1) is 14.2. The molecule has 1 heterocycles. The fourth-order valence-corrected chi connectivity index (χ4v) is 1.67. The summed E-state index contributed by atoms with van der Waals surface area (Å²) >= 11 is 0. The van der Waals surface area contributed by atoms with Crippen LogP contribution < -0.4 is 5.69 Å². The van der Waals surface area contributed by atoms with Gasteiger partial charge in [-0.05, 0) is 35.0 Å². The monoisotopic (exact) mass is 290 g/mol. The normalized spacial score (nSPS) is 11.8. The zero-order valence-electron chi connectivity index (χ0n) is 10.4. The van der Waals surface area contributed by atoms with E-state index in [1.165, 1.54) is 6.07 Å². The van der Waals surface area contributed by atoms with Crippen LogP contribution in [-0.4, -0.2) is 19.8 Å². The van der Waals surface area contributed by atoms with Gasteiger partial charge in [0.2, 0.25) is 0 Å². The van der Waals surface area contributed by atoms with E-state index < -0.39 is 23.2 Å². The second-order valence-corrected chi connectivity index (χ2v) is 4.05. The number of tetrazole rings is 1. The Morgan fingerprint density at radius 1 is 1.20 bits per heavy atom. The summed E-state index contributed by atoms with van der Waals surface area (Å²) < 4.78 is 52.8. The maximum atomic E-state index is 13.1. The Hall–Kier alpha value is -2.19. The summed E-state index contributed by atoms with van der Waals surface area (Å²) in [7, 11) is 0. The van der Waals surface area contributed by atoms with Gasteiger partial charge in [0.05, 0.1) is 12.1 Å².